The molecule has 0 spiro atoms. The number of nitrogen functional groups attached to an aromatic ring is 1. The predicted molar refractivity (Wildman–Crippen MR) is 71.0 cm³/mol. The van der Waals surface area contributed by atoms with Gasteiger partial charge < -0.3 is 10.5 Å². The van der Waals surface area contributed by atoms with E-state index >= 15 is 0 Å². The van der Waals surface area contributed by atoms with Gasteiger partial charge in [0.25, 0.3) is 0 Å². The summed E-state index contributed by atoms with van der Waals surface area (Å²) in [7, 11) is -3.59. The Balaban J connectivity index is 2.02. The molecule has 2 heterocycles. The minimum Gasteiger partial charge on any atom is -0.381 e. The first-order valence-corrected chi connectivity index (χ1v) is 7.91. The van der Waals surface area contributed by atoms with E-state index in [0.717, 1.165) is 19.4 Å². The van der Waals surface area contributed by atoms with E-state index in [2.05, 4.69) is 9.82 Å². The molecule has 0 bridgehead atoms. The maximum atomic E-state index is 12.1. The molecule has 2 rings (SSSR count). The number of hydrogen-bond donors (Lipinski definition) is 2. The molecule has 0 aromatic carbocycles. The van der Waals surface area contributed by atoms with Gasteiger partial charge in [-0.1, -0.05) is 0 Å². The highest BCUT2D eigenvalue weighted by Crippen LogP contribution is 2.17. The van der Waals surface area contributed by atoms with E-state index in [1.54, 1.807) is 0 Å². The highest BCUT2D eigenvalue weighted by atomic mass is 32.2. The lowest BCUT2D eigenvalue weighted by Crippen LogP contribution is -2.33. The molecule has 3 N–H and O–H groups in total. The summed E-state index contributed by atoms with van der Waals surface area (Å²) in [5.41, 5.74) is 5.64. The zero-order valence-electron chi connectivity index (χ0n) is 11.0. The Kier molecular flexibility index (Phi) is 4.43. The summed E-state index contributed by atoms with van der Waals surface area (Å²) in [5.74, 6) is 0.264. The van der Waals surface area contributed by atoms with Gasteiger partial charge in [-0.05, 0) is 25.7 Å². The highest BCUT2D eigenvalue weighted by Gasteiger charge is 2.23. The van der Waals surface area contributed by atoms with Crippen LogP contribution in [0.15, 0.2) is 11.1 Å². The molecule has 7 nitrogen and oxygen atoms in total. The average Bonchev–Trinajstić information content (AvgIpc) is 2.80. The van der Waals surface area contributed by atoms with Crippen LogP contribution in [0.2, 0.25) is 0 Å². The van der Waals surface area contributed by atoms with Gasteiger partial charge in [0, 0.05) is 25.9 Å². The van der Waals surface area contributed by atoms with Gasteiger partial charge in [0.1, 0.15) is 4.90 Å². The predicted octanol–water partition coefficient (Wildman–Crippen LogP) is 0.190. The van der Waals surface area contributed by atoms with E-state index in [9.17, 15) is 8.42 Å². The van der Waals surface area contributed by atoms with Crippen LogP contribution in [0.4, 0.5) is 5.82 Å². The smallest absolute Gasteiger partial charge is 0.245 e. The van der Waals surface area contributed by atoms with Crippen molar-refractivity contribution in [3.8, 4) is 0 Å². The van der Waals surface area contributed by atoms with Gasteiger partial charge in [0.05, 0.1) is 6.61 Å². The molecule has 1 unspecified atom stereocenters. The van der Waals surface area contributed by atoms with Crippen LogP contribution in [-0.4, -0.2) is 38.0 Å². The minimum atomic E-state index is -3.59. The van der Waals surface area contributed by atoms with Gasteiger partial charge in [0.2, 0.25) is 10.0 Å². The third kappa shape index (κ3) is 3.46. The van der Waals surface area contributed by atoms with Crippen molar-refractivity contribution in [3.63, 3.8) is 0 Å². The first kappa shape index (κ1) is 14.3. The first-order chi connectivity index (χ1) is 9.03. The fraction of sp³-hybridized carbons (Fsp3) is 0.727. The summed E-state index contributed by atoms with van der Waals surface area (Å²) < 4.78 is 33.7. The molecule has 1 fully saturated rings. The molecule has 1 aromatic rings. The van der Waals surface area contributed by atoms with Crippen molar-refractivity contribution in [2.45, 2.75) is 31.2 Å². The Bertz CT molecular complexity index is 520. The molecule has 0 radical (unpaired) electrons. The molecule has 19 heavy (non-hydrogen) atoms. The number of hydrogen-bond acceptors (Lipinski definition) is 5. The number of nitrogens with two attached hydrogens (primary N) is 1. The van der Waals surface area contributed by atoms with Gasteiger partial charge >= 0.3 is 0 Å². The Labute approximate surface area is 113 Å². The second-order valence-electron chi connectivity index (χ2n) is 4.67. The maximum Gasteiger partial charge on any atom is 0.245 e. The second kappa shape index (κ2) is 5.89. The number of ether oxygens (including phenoxy) is 1. The largest absolute Gasteiger partial charge is 0.381 e. The van der Waals surface area contributed by atoms with Crippen LogP contribution >= 0.6 is 0 Å². The van der Waals surface area contributed by atoms with Crippen LogP contribution in [0.1, 0.15) is 19.8 Å². The number of nitrogens with one attached hydrogen (secondary N) is 1. The average molecular weight is 288 g/mol. The third-order valence-electron chi connectivity index (χ3n) is 3.19. The summed E-state index contributed by atoms with van der Waals surface area (Å²) >= 11 is 0. The molecule has 1 saturated heterocycles. The molecule has 0 aliphatic carbocycles. The summed E-state index contributed by atoms with van der Waals surface area (Å²) in [5, 5.41) is 3.94. The van der Waals surface area contributed by atoms with E-state index in [4.69, 9.17) is 10.5 Å². The number of aromatic nitrogens is 2. The number of aryl methyl sites for hydroxylation is 1. The van der Waals surface area contributed by atoms with Gasteiger partial charge in [-0.15, -0.1) is 0 Å². The zero-order valence-corrected chi connectivity index (χ0v) is 11.8. The van der Waals surface area contributed by atoms with Crippen molar-refractivity contribution in [1.29, 1.82) is 0 Å². The van der Waals surface area contributed by atoms with Crippen LogP contribution in [0, 0.1) is 5.92 Å². The van der Waals surface area contributed by atoms with Gasteiger partial charge in [-0.2, -0.15) is 5.10 Å². The van der Waals surface area contributed by atoms with Crippen molar-refractivity contribution < 1.29 is 13.2 Å². The van der Waals surface area contributed by atoms with E-state index < -0.39 is 10.0 Å². The third-order valence-corrected chi connectivity index (χ3v) is 4.63. The second-order valence-corrected chi connectivity index (χ2v) is 6.40. The van der Waals surface area contributed by atoms with Gasteiger partial charge in [-0.3, -0.25) is 4.68 Å². The summed E-state index contributed by atoms with van der Waals surface area (Å²) in [6.45, 7) is 4.19. The topological polar surface area (TPSA) is 99.2 Å². The fourth-order valence-electron chi connectivity index (χ4n) is 2.06. The van der Waals surface area contributed by atoms with Crippen LogP contribution in [0.5, 0.6) is 0 Å². The number of sulfonamides is 1. The quantitative estimate of drug-likeness (QED) is 0.805. The highest BCUT2D eigenvalue weighted by molar-refractivity contribution is 7.89. The summed E-state index contributed by atoms with van der Waals surface area (Å²) in [4.78, 5) is 0.0473. The van der Waals surface area contributed by atoms with Crippen molar-refractivity contribution in [3.05, 3.63) is 6.20 Å². The molecule has 1 atom stereocenters. The lowest BCUT2D eigenvalue weighted by atomic mass is 10.0. The van der Waals surface area contributed by atoms with Crippen LogP contribution < -0.4 is 10.5 Å². The minimum absolute atomic E-state index is 0.0363. The molecule has 1 aliphatic heterocycles. The molecule has 1 aliphatic rings. The van der Waals surface area contributed by atoms with E-state index in [0.29, 0.717) is 19.7 Å². The van der Waals surface area contributed by atoms with Crippen LogP contribution in [-0.2, 0) is 21.3 Å². The maximum absolute atomic E-state index is 12.1. The zero-order chi connectivity index (χ0) is 13.9. The standard InChI is InChI=1S/C11H20N4O3S/c1-2-15-7-10(11(12)14-15)19(16,17)13-6-9-4-3-5-18-8-9/h7,9,13H,2-6,8H2,1H3,(H2,12,14). The monoisotopic (exact) mass is 288 g/mol. The Morgan fingerprint density at radius 3 is 3.00 bits per heavy atom. The molecule has 1 aromatic heterocycles. The van der Waals surface area contributed by atoms with Gasteiger partial charge in [0.15, 0.2) is 5.82 Å². The summed E-state index contributed by atoms with van der Waals surface area (Å²) in [6, 6.07) is 0. The molecule has 8 heteroatoms. The van der Waals surface area contributed by atoms with Crippen molar-refractivity contribution in [2.75, 3.05) is 25.5 Å². The van der Waals surface area contributed by atoms with E-state index in [1.165, 1.54) is 10.9 Å². The number of rotatable bonds is 5. The molecule has 0 amide bonds. The lowest BCUT2D eigenvalue weighted by molar-refractivity contribution is 0.0568. The molecule has 108 valence electrons. The van der Waals surface area contributed by atoms with Crippen molar-refractivity contribution in [2.24, 2.45) is 5.92 Å². The Morgan fingerprint density at radius 2 is 2.42 bits per heavy atom. The molecular weight excluding hydrogens is 268 g/mol. The Hall–Kier alpha value is -1.12. The summed E-state index contributed by atoms with van der Waals surface area (Å²) in [6.07, 6.45) is 3.41. The fourth-order valence-corrected chi connectivity index (χ4v) is 3.25. The molecule has 0 saturated carbocycles. The van der Waals surface area contributed by atoms with Crippen LogP contribution in [0.25, 0.3) is 0 Å². The number of nitrogens with zero attached hydrogens (tertiary/aromatic N) is 2. The van der Waals surface area contributed by atoms with E-state index in [1.807, 2.05) is 6.92 Å². The molecular formula is C11H20N4O3S. The van der Waals surface area contributed by atoms with E-state index in [-0.39, 0.29) is 16.6 Å². The van der Waals surface area contributed by atoms with Crippen molar-refractivity contribution >= 4 is 15.8 Å². The van der Waals surface area contributed by atoms with Crippen molar-refractivity contribution in [1.82, 2.24) is 14.5 Å². The van der Waals surface area contributed by atoms with Gasteiger partial charge in [-0.25, -0.2) is 13.1 Å². The van der Waals surface area contributed by atoms with Crippen LogP contribution in [0.3, 0.4) is 0 Å². The SMILES string of the molecule is CCn1cc(S(=O)(=O)NCC2CCCOC2)c(N)n1. The Morgan fingerprint density at radius 1 is 1.63 bits per heavy atom. The number of anilines is 1. The lowest BCUT2D eigenvalue weighted by Gasteiger charge is -2.21. The normalized spacial score (nSPS) is 20.6. The first-order valence-electron chi connectivity index (χ1n) is 6.43.